The minimum Gasteiger partial charge on any atom is -0.340 e. The number of carbonyl (C=O) groups is 1. The fraction of sp³-hybridized carbons (Fsp3) is 0.400. The van der Waals surface area contributed by atoms with Crippen molar-refractivity contribution >= 4 is 17.2 Å². The topological polar surface area (TPSA) is 80.9 Å². The van der Waals surface area contributed by atoms with Crippen LogP contribution in [0.3, 0.4) is 0 Å². The summed E-state index contributed by atoms with van der Waals surface area (Å²) in [5.74, 6) is 0.899. The van der Waals surface area contributed by atoms with Crippen molar-refractivity contribution in [3.63, 3.8) is 0 Å². The summed E-state index contributed by atoms with van der Waals surface area (Å²) < 4.78 is 5.18. The van der Waals surface area contributed by atoms with Gasteiger partial charge in [-0.3, -0.25) is 4.79 Å². The normalized spacial score (nSPS) is 16.2. The molecule has 27 heavy (non-hydrogen) atoms. The zero-order chi connectivity index (χ0) is 18.9. The van der Waals surface area contributed by atoms with Gasteiger partial charge in [-0.2, -0.15) is 4.98 Å². The van der Waals surface area contributed by atoms with Crippen LogP contribution in [0.5, 0.6) is 0 Å². The minimum absolute atomic E-state index is 0.186. The molecular weight excluding hydrogens is 360 g/mol. The number of thiazole rings is 1. The first-order valence-corrected chi connectivity index (χ1v) is 10.1. The van der Waals surface area contributed by atoms with E-state index in [1.807, 2.05) is 36.6 Å². The van der Waals surface area contributed by atoms with Crippen LogP contribution >= 0.6 is 11.3 Å². The third-order valence-corrected chi connectivity index (χ3v) is 5.94. The van der Waals surface area contributed by atoms with Crippen LogP contribution in [-0.2, 0) is 5.54 Å². The number of nitrogens with one attached hydrogen (secondary N) is 1. The zero-order valence-electron chi connectivity index (χ0n) is 15.5. The fourth-order valence-corrected chi connectivity index (χ4v) is 4.35. The van der Waals surface area contributed by atoms with E-state index < -0.39 is 5.54 Å². The Bertz CT molecular complexity index is 939. The van der Waals surface area contributed by atoms with Crippen LogP contribution in [0.4, 0.5) is 0 Å². The number of nitrogens with zero attached hydrogens (tertiary/aromatic N) is 3. The molecule has 0 unspecified atom stereocenters. The molecule has 1 saturated carbocycles. The van der Waals surface area contributed by atoms with Gasteiger partial charge < -0.3 is 9.84 Å². The largest absolute Gasteiger partial charge is 0.340 e. The van der Waals surface area contributed by atoms with E-state index in [2.05, 4.69) is 20.4 Å². The second-order valence-electron chi connectivity index (χ2n) is 7.14. The molecule has 1 N–H and O–H groups in total. The van der Waals surface area contributed by atoms with Crippen molar-refractivity contribution in [1.29, 1.82) is 0 Å². The van der Waals surface area contributed by atoms with Gasteiger partial charge in [-0.15, -0.1) is 11.3 Å². The number of aryl methyl sites for hydroxylation is 2. The van der Waals surface area contributed by atoms with E-state index in [-0.39, 0.29) is 5.91 Å². The van der Waals surface area contributed by atoms with Crippen molar-refractivity contribution in [1.82, 2.24) is 20.4 Å². The molecule has 140 valence electrons. The van der Waals surface area contributed by atoms with Crippen LogP contribution in [0.15, 0.2) is 34.2 Å². The van der Waals surface area contributed by atoms with Crippen molar-refractivity contribution in [2.45, 2.75) is 51.5 Å². The molecule has 0 bridgehead atoms. The van der Waals surface area contributed by atoms with Crippen molar-refractivity contribution in [2.24, 2.45) is 0 Å². The van der Waals surface area contributed by atoms with Gasteiger partial charge in [0.25, 0.3) is 5.91 Å². The summed E-state index contributed by atoms with van der Waals surface area (Å²) in [6, 6.07) is 8.15. The van der Waals surface area contributed by atoms with Crippen molar-refractivity contribution in [3.8, 4) is 10.6 Å². The molecule has 0 spiro atoms. The SMILES string of the molecule is Cc1ccc(-c2nc(C(=O)NC3(c4noc(C)n4)CCCCC3)cs2)cc1. The van der Waals surface area contributed by atoms with Gasteiger partial charge >= 0.3 is 0 Å². The first kappa shape index (κ1) is 17.9. The average molecular weight is 382 g/mol. The predicted octanol–water partition coefficient (Wildman–Crippen LogP) is 4.40. The first-order valence-electron chi connectivity index (χ1n) is 9.22. The molecule has 4 rings (SSSR count). The van der Waals surface area contributed by atoms with E-state index in [1.165, 1.54) is 16.9 Å². The van der Waals surface area contributed by atoms with Crippen molar-refractivity contribution in [3.05, 3.63) is 52.6 Å². The lowest BCUT2D eigenvalue weighted by Crippen LogP contribution is -2.48. The minimum atomic E-state index is -0.569. The number of hydrogen-bond donors (Lipinski definition) is 1. The Morgan fingerprint density at radius 3 is 2.52 bits per heavy atom. The van der Waals surface area contributed by atoms with E-state index in [4.69, 9.17) is 4.52 Å². The Morgan fingerprint density at radius 2 is 1.85 bits per heavy atom. The summed E-state index contributed by atoms with van der Waals surface area (Å²) in [4.78, 5) is 21.9. The highest BCUT2D eigenvalue weighted by Gasteiger charge is 2.40. The summed E-state index contributed by atoms with van der Waals surface area (Å²) >= 11 is 1.48. The Labute approximate surface area is 162 Å². The Kier molecular flexibility index (Phi) is 4.78. The number of aromatic nitrogens is 3. The quantitative estimate of drug-likeness (QED) is 0.723. The molecule has 0 aliphatic heterocycles. The number of benzene rings is 1. The standard InChI is InChI=1S/C20H22N4O2S/c1-13-6-8-15(9-7-13)18-22-16(12-27-18)17(25)23-20(10-4-3-5-11-20)19-21-14(2)26-24-19/h6-9,12H,3-5,10-11H2,1-2H3,(H,23,25). The van der Waals surface area contributed by atoms with E-state index >= 15 is 0 Å². The highest BCUT2D eigenvalue weighted by Crippen LogP contribution is 2.36. The van der Waals surface area contributed by atoms with Gasteiger partial charge in [-0.1, -0.05) is 54.2 Å². The smallest absolute Gasteiger partial charge is 0.271 e. The molecule has 3 aromatic rings. The van der Waals surface area contributed by atoms with Crippen LogP contribution in [0, 0.1) is 13.8 Å². The second kappa shape index (κ2) is 7.23. The lowest BCUT2D eigenvalue weighted by atomic mass is 9.81. The molecule has 1 aliphatic rings. The van der Waals surface area contributed by atoms with Gasteiger partial charge in [-0.25, -0.2) is 4.98 Å². The number of amides is 1. The van der Waals surface area contributed by atoms with E-state index in [0.717, 1.165) is 42.7 Å². The summed E-state index contributed by atoms with van der Waals surface area (Å²) in [5, 5.41) is 9.92. The second-order valence-corrected chi connectivity index (χ2v) is 8.00. The molecule has 2 aromatic heterocycles. The van der Waals surface area contributed by atoms with Gasteiger partial charge in [0, 0.05) is 17.9 Å². The van der Waals surface area contributed by atoms with Gasteiger partial charge in [0.1, 0.15) is 16.2 Å². The molecule has 0 radical (unpaired) electrons. The van der Waals surface area contributed by atoms with E-state index in [0.29, 0.717) is 17.4 Å². The number of carbonyl (C=O) groups excluding carboxylic acids is 1. The van der Waals surface area contributed by atoms with Gasteiger partial charge in [-0.05, 0) is 19.8 Å². The monoisotopic (exact) mass is 382 g/mol. The van der Waals surface area contributed by atoms with Gasteiger partial charge in [0.15, 0.2) is 5.82 Å². The van der Waals surface area contributed by atoms with E-state index in [1.54, 1.807) is 6.92 Å². The van der Waals surface area contributed by atoms with Gasteiger partial charge in [0.2, 0.25) is 5.89 Å². The molecule has 2 heterocycles. The highest BCUT2D eigenvalue weighted by molar-refractivity contribution is 7.13. The zero-order valence-corrected chi connectivity index (χ0v) is 16.3. The summed E-state index contributed by atoms with van der Waals surface area (Å²) in [6.07, 6.45) is 4.83. The molecule has 7 heteroatoms. The first-order chi connectivity index (χ1) is 13.1. The lowest BCUT2D eigenvalue weighted by Gasteiger charge is -2.35. The molecule has 1 aliphatic carbocycles. The molecule has 6 nitrogen and oxygen atoms in total. The summed E-state index contributed by atoms with van der Waals surface area (Å²) in [7, 11) is 0. The predicted molar refractivity (Wildman–Crippen MR) is 104 cm³/mol. The Morgan fingerprint density at radius 1 is 1.11 bits per heavy atom. The van der Waals surface area contributed by atoms with Crippen LogP contribution in [-0.4, -0.2) is 21.0 Å². The number of rotatable bonds is 4. The summed E-state index contributed by atoms with van der Waals surface area (Å²) in [6.45, 7) is 3.82. The molecule has 0 atom stereocenters. The van der Waals surface area contributed by atoms with Crippen LogP contribution in [0.2, 0.25) is 0 Å². The fourth-order valence-electron chi connectivity index (χ4n) is 3.54. The molecule has 0 saturated heterocycles. The Hall–Kier alpha value is -2.54. The third kappa shape index (κ3) is 3.64. The molecule has 1 fully saturated rings. The van der Waals surface area contributed by atoms with Crippen LogP contribution in [0.25, 0.3) is 10.6 Å². The van der Waals surface area contributed by atoms with Crippen molar-refractivity contribution in [2.75, 3.05) is 0 Å². The van der Waals surface area contributed by atoms with Crippen LogP contribution < -0.4 is 5.32 Å². The van der Waals surface area contributed by atoms with E-state index in [9.17, 15) is 4.79 Å². The lowest BCUT2D eigenvalue weighted by molar-refractivity contribution is 0.0851. The maximum absolute atomic E-state index is 12.9. The summed E-state index contributed by atoms with van der Waals surface area (Å²) in [5.41, 5.74) is 2.08. The average Bonchev–Trinajstić information content (AvgIpc) is 3.33. The third-order valence-electron chi connectivity index (χ3n) is 5.05. The number of hydrogen-bond acceptors (Lipinski definition) is 6. The van der Waals surface area contributed by atoms with Crippen LogP contribution in [0.1, 0.15) is 59.9 Å². The van der Waals surface area contributed by atoms with Gasteiger partial charge in [0.05, 0.1) is 0 Å². The highest BCUT2D eigenvalue weighted by atomic mass is 32.1. The maximum atomic E-state index is 12.9. The molecule has 1 aromatic carbocycles. The Balaban J connectivity index is 1.57. The maximum Gasteiger partial charge on any atom is 0.271 e. The van der Waals surface area contributed by atoms with Crippen molar-refractivity contribution < 1.29 is 9.32 Å². The molecular formula is C20H22N4O2S. The molecule has 1 amide bonds.